The Bertz CT molecular complexity index is 259. The second kappa shape index (κ2) is 5.37. The van der Waals surface area contributed by atoms with Gasteiger partial charge in [-0.25, -0.2) is 0 Å². The molecule has 1 heterocycles. The molecular formula is C12H23ClN2O. The zero-order chi connectivity index (χ0) is 10.9. The lowest BCUT2D eigenvalue weighted by Crippen LogP contribution is -2.48. The molecule has 1 saturated heterocycles. The van der Waals surface area contributed by atoms with Crippen LogP contribution in [0.5, 0.6) is 0 Å². The van der Waals surface area contributed by atoms with Gasteiger partial charge in [-0.1, -0.05) is 12.8 Å². The zero-order valence-corrected chi connectivity index (χ0v) is 11.1. The number of carbonyl (C=O) groups excluding carboxylic acids is 1. The normalized spacial score (nSPS) is 32.8. The van der Waals surface area contributed by atoms with E-state index in [1.807, 2.05) is 11.9 Å². The van der Waals surface area contributed by atoms with E-state index in [1.54, 1.807) is 0 Å². The summed E-state index contributed by atoms with van der Waals surface area (Å²) in [6.45, 7) is 4.83. The Hall–Kier alpha value is -0.280. The number of fused-ring (bicyclic) bond motifs is 1. The molecule has 0 aromatic heterocycles. The molecule has 0 aromatic carbocycles. The fourth-order valence-electron chi connectivity index (χ4n) is 3.19. The number of hydrogen-bond acceptors (Lipinski definition) is 2. The van der Waals surface area contributed by atoms with E-state index in [0.717, 1.165) is 26.1 Å². The third kappa shape index (κ3) is 2.07. The number of carbonyl (C=O) groups is 1. The van der Waals surface area contributed by atoms with Crippen molar-refractivity contribution in [2.24, 2.45) is 11.3 Å². The summed E-state index contributed by atoms with van der Waals surface area (Å²) >= 11 is 0. The van der Waals surface area contributed by atoms with Crippen LogP contribution in [-0.4, -0.2) is 37.5 Å². The molecule has 1 saturated carbocycles. The van der Waals surface area contributed by atoms with Crippen LogP contribution in [0.3, 0.4) is 0 Å². The zero-order valence-electron chi connectivity index (χ0n) is 10.3. The quantitative estimate of drug-likeness (QED) is 0.804. The van der Waals surface area contributed by atoms with Crippen LogP contribution in [-0.2, 0) is 4.79 Å². The molecule has 2 fully saturated rings. The van der Waals surface area contributed by atoms with E-state index in [-0.39, 0.29) is 17.8 Å². The van der Waals surface area contributed by atoms with Crippen LogP contribution < -0.4 is 5.32 Å². The average Bonchev–Trinajstić information content (AvgIpc) is 2.71. The molecule has 4 heteroatoms. The van der Waals surface area contributed by atoms with Gasteiger partial charge >= 0.3 is 0 Å². The van der Waals surface area contributed by atoms with E-state index >= 15 is 0 Å². The predicted molar refractivity (Wildman–Crippen MR) is 67.8 cm³/mol. The van der Waals surface area contributed by atoms with Crippen LogP contribution in [0.4, 0.5) is 0 Å². The summed E-state index contributed by atoms with van der Waals surface area (Å²) in [5, 5.41) is 3.42. The lowest BCUT2D eigenvalue weighted by atomic mass is 9.67. The first-order valence-electron chi connectivity index (χ1n) is 6.17. The minimum atomic E-state index is -0.0526. The highest BCUT2D eigenvalue weighted by Crippen LogP contribution is 2.44. The Morgan fingerprint density at radius 1 is 1.50 bits per heavy atom. The first-order chi connectivity index (χ1) is 7.20. The number of nitrogens with one attached hydrogen (secondary N) is 1. The maximum Gasteiger partial charge on any atom is 0.230 e. The fraction of sp³-hybridized carbons (Fsp3) is 0.917. The second-order valence-electron chi connectivity index (χ2n) is 5.05. The second-order valence-corrected chi connectivity index (χ2v) is 5.05. The van der Waals surface area contributed by atoms with Gasteiger partial charge in [-0.15, -0.1) is 12.4 Å². The first kappa shape index (κ1) is 13.8. The highest BCUT2D eigenvalue weighted by Gasteiger charge is 2.50. The van der Waals surface area contributed by atoms with Gasteiger partial charge in [0.2, 0.25) is 5.91 Å². The molecule has 1 aliphatic carbocycles. The van der Waals surface area contributed by atoms with Crippen molar-refractivity contribution in [3.05, 3.63) is 0 Å². The summed E-state index contributed by atoms with van der Waals surface area (Å²) in [4.78, 5) is 14.3. The first-order valence-corrected chi connectivity index (χ1v) is 6.17. The maximum atomic E-state index is 12.4. The summed E-state index contributed by atoms with van der Waals surface area (Å²) in [6.07, 6.45) is 4.85. The van der Waals surface area contributed by atoms with Crippen molar-refractivity contribution in [3.8, 4) is 0 Å². The molecule has 2 atom stereocenters. The van der Waals surface area contributed by atoms with E-state index in [4.69, 9.17) is 0 Å². The summed E-state index contributed by atoms with van der Waals surface area (Å²) in [6, 6.07) is 0. The molecule has 94 valence electrons. The minimum absolute atomic E-state index is 0. The van der Waals surface area contributed by atoms with Gasteiger partial charge in [-0.2, -0.15) is 0 Å². The SMILES string of the molecule is CCN(C)C(=O)[C@@]12CCCC[C@H]1CNC2.Cl. The Morgan fingerprint density at radius 2 is 2.25 bits per heavy atom. The monoisotopic (exact) mass is 246 g/mol. The summed E-state index contributed by atoms with van der Waals surface area (Å²) in [5.74, 6) is 0.965. The van der Waals surface area contributed by atoms with Crippen LogP contribution in [0.2, 0.25) is 0 Å². The third-order valence-electron chi connectivity index (χ3n) is 4.29. The van der Waals surface area contributed by atoms with Crippen molar-refractivity contribution >= 4 is 18.3 Å². The summed E-state index contributed by atoms with van der Waals surface area (Å²) in [5.41, 5.74) is -0.0526. The lowest BCUT2D eigenvalue weighted by Gasteiger charge is -2.39. The highest BCUT2D eigenvalue weighted by molar-refractivity contribution is 5.85. The van der Waals surface area contributed by atoms with Crippen molar-refractivity contribution in [3.63, 3.8) is 0 Å². The van der Waals surface area contributed by atoms with E-state index in [0.29, 0.717) is 11.8 Å². The van der Waals surface area contributed by atoms with E-state index in [1.165, 1.54) is 19.3 Å². The number of rotatable bonds is 2. The molecule has 1 amide bonds. The minimum Gasteiger partial charge on any atom is -0.346 e. The van der Waals surface area contributed by atoms with Gasteiger partial charge in [0.15, 0.2) is 0 Å². The average molecular weight is 247 g/mol. The molecule has 0 bridgehead atoms. The van der Waals surface area contributed by atoms with Gasteiger partial charge in [0, 0.05) is 20.1 Å². The van der Waals surface area contributed by atoms with Gasteiger partial charge in [-0.3, -0.25) is 4.79 Å². The number of nitrogens with zero attached hydrogens (tertiary/aromatic N) is 1. The third-order valence-corrected chi connectivity index (χ3v) is 4.29. The fourth-order valence-corrected chi connectivity index (χ4v) is 3.19. The van der Waals surface area contributed by atoms with Crippen LogP contribution in [0, 0.1) is 11.3 Å². The Balaban J connectivity index is 0.00000128. The smallest absolute Gasteiger partial charge is 0.230 e. The molecule has 0 spiro atoms. The van der Waals surface area contributed by atoms with Crippen molar-refractivity contribution in [2.45, 2.75) is 32.6 Å². The molecule has 16 heavy (non-hydrogen) atoms. The van der Waals surface area contributed by atoms with Crippen LogP contribution >= 0.6 is 12.4 Å². The van der Waals surface area contributed by atoms with Crippen LogP contribution in [0.25, 0.3) is 0 Å². The predicted octanol–water partition coefficient (Wildman–Crippen LogP) is 1.67. The molecular weight excluding hydrogens is 224 g/mol. The molecule has 3 nitrogen and oxygen atoms in total. The van der Waals surface area contributed by atoms with Crippen LogP contribution in [0.1, 0.15) is 32.6 Å². The molecule has 0 radical (unpaired) electrons. The summed E-state index contributed by atoms with van der Waals surface area (Å²) in [7, 11) is 1.93. The topological polar surface area (TPSA) is 32.3 Å². The molecule has 2 aliphatic rings. The van der Waals surface area contributed by atoms with E-state index in [2.05, 4.69) is 12.2 Å². The molecule has 1 N–H and O–H groups in total. The van der Waals surface area contributed by atoms with Crippen molar-refractivity contribution < 1.29 is 4.79 Å². The van der Waals surface area contributed by atoms with Crippen LogP contribution in [0.15, 0.2) is 0 Å². The van der Waals surface area contributed by atoms with E-state index < -0.39 is 0 Å². The van der Waals surface area contributed by atoms with Gasteiger partial charge in [-0.05, 0) is 32.2 Å². The number of amides is 1. The number of halogens is 1. The molecule has 2 rings (SSSR count). The van der Waals surface area contributed by atoms with Gasteiger partial charge < -0.3 is 10.2 Å². The maximum absolute atomic E-state index is 12.4. The Morgan fingerprint density at radius 3 is 2.94 bits per heavy atom. The van der Waals surface area contributed by atoms with Crippen molar-refractivity contribution in [1.29, 1.82) is 0 Å². The molecule has 1 aliphatic heterocycles. The largest absolute Gasteiger partial charge is 0.346 e. The number of hydrogen-bond donors (Lipinski definition) is 1. The van der Waals surface area contributed by atoms with Gasteiger partial charge in [0.05, 0.1) is 5.41 Å². The van der Waals surface area contributed by atoms with Crippen molar-refractivity contribution in [2.75, 3.05) is 26.7 Å². The van der Waals surface area contributed by atoms with Gasteiger partial charge in [0.25, 0.3) is 0 Å². The standard InChI is InChI=1S/C12H22N2O.ClH/c1-3-14(2)11(15)12-7-5-4-6-10(12)8-13-9-12;/h10,13H,3-9H2,1-2H3;1H/t10-,12+;/m0./s1. The Kier molecular flexibility index (Phi) is 4.62. The molecule has 0 unspecified atom stereocenters. The van der Waals surface area contributed by atoms with Crippen molar-refractivity contribution in [1.82, 2.24) is 10.2 Å². The lowest BCUT2D eigenvalue weighted by molar-refractivity contribution is -0.143. The highest BCUT2D eigenvalue weighted by atomic mass is 35.5. The summed E-state index contributed by atoms with van der Waals surface area (Å²) < 4.78 is 0. The van der Waals surface area contributed by atoms with Gasteiger partial charge in [0.1, 0.15) is 0 Å². The van der Waals surface area contributed by atoms with E-state index in [9.17, 15) is 4.79 Å². The Labute approximate surface area is 104 Å². The molecule has 0 aromatic rings.